The van der Waals surface area contributed by atoms with Gasteiger partial charge in [0.05, 0.1) is 11.5 Å². The van der Waals surface area contributed by atoms with Gasteiger partial charge in [-0.3, -0.25) is 10.1 Å². The Morgan fingerprint density at radius 3 is 2.30 bits per heavy atom. The zero-order valence-corrected chi connectivity index (χ0v) is 14.2. The number of nitro groups is 1. The maximum Gasteiger partial charge on any atom is 0.352 e. The highest BCUT2D eigenvalue weighted by atomic mass is 79.9. The van der Waals surface area contributed by atoms with Crippen molar-refractivity contribution < 1.29 is 14.4 Å². The minimum Gasteiger partial charge on any atom is -0.487 e. The summed E-state index contributed by atoms with van der Waals surface area (Å²) < 4.78 is 11.2. The largest absolute Gasteiger partial charge is 0.487 e. The molecule has 6 heteroatoms. The second kappa shape index (κ2) is 9.15. The first-order valence-electron chi connectivity index (χ1n) is 7.35. The van der Waals surface area contributed by atoms with Gasteiger partial charge in [0, 0.05) is 5.33 Å². The van der Waals surface area contributed by atoms with Crippen LogP contribution in [0.2, 0.25) is 0 Å². The summed E-state index contributed by atoms with van der Waals surface area (Å²) in [5, 5.41) is 12.3. The van der Waals surface area contributed by atoms with Gasteiger partial charge in [-0.2, -0.15) is 0 Å². The van der Waals surface area contributed by atoms with Crippen LogP contribution in [0.4, 0.5) is 5.69 Å². The molecule has 2 aromatic rings. The number of halogens is 1. The minimum absolute atomic E-state index is 0.123. The lowest BCUT2D eigenvalue weighted by molar-refractivity contribution is -0.387. The van der Waals surface area contributed by atoms with Crippen LogP contribution in [0, 0.1) is 10.1 Å². The molecular weight excluding hydrogens is 362 g/mol. The fourth-order valence-corrected chi connectivity index (χ4v) is 2.43. The Hall–Kier alpha value is -2.08. The third kappa shape index (κ3) is 5.25. The van der Waals surface area contributed by atoms with Crippen LogP contribution in [0.15, 0.2) is 48.5 Å². The normalized spacial score (nSPS) is 10.3. The van der Waals surface area contributed by atoms with Crippen molar-refractivity contribution in [3.05, 3.63) is 64.2 Å². The van der Waals surface area contributed by atoms with E-state index in [0.717, 1.165) is 23.7 Å². The number of benzene rings is 2. The number of alkyl halides is 1. The van der Waals surface area contributed by atoms with Crippen molar-refractivity contribution >= 4 is 21.6 Å². The topological polar surface area (TPSA) is 61.6 Å². The molecule has 0 amide bonds. The van der Waals surface area contributed by atoms with Crippen molar-refractivity contribution in [3.8, 4) is 11.5 Å². The number of hydrogen-bond donors (Lipinski definition) is 0. The molecule has 0 saturated heterocycles. The van der Waals surface area contributed by atoms with Gasteiger partial charge in [-0.1, -0.05) is 52.3 Å². The average molecular weight is 380 g/mol. The van der Waals surface area contributed by atoms with Crippen LogP contribution in [-0.2, 0) is 6.61 Å². The van der Waals surface area contributed by atoms with E-state index in [1.807, 2.05) is 30.3 Å². The van der Waals surface area contributed by atoms with Crippen LogP contribution in [-0.4, -0.2) is 16.9 Å². The number of para-hydroxylation sites is 1. The Labute approximate surface area is 143 Å². The van der Waals surface area contributed by atoms with E-state index < -0.39 is 4.92 Å². The fraction of sp³-hybridized carbons (Fsp3) is 0.294. The van der Waals surface area contributed by atoms with Crippen LogP contribution >= 0.6 is 15.9 Å². The van der Waals surface area contributed by atoms with Gasteiger partial charge in [0.2, 0.25) is 11.5 Å². The van der Waals surface area contributed by atoms with Gasteiger partial charge in [0.1, 0.15) is 6.61 Å². The molecule has 122 valence electrons. The molecular formula is C17H18BrNO4. The van der Waals surface area contributed by atoms with Gasteiger partial charge >= 0.3 is 5.69 Å². The lowest BCUT2D eigenvalue weighted by Gasteiger charge is -2.11. The maximum atomic E-state index is 11.4. The van der Waals surface area contributed by atoms with E-state index >= 15 is 0 Å². The average Bonchev–Trinajstić information content (AvgIpc) is 2.57. The van der Waals surface area contributed by atoms with Gasteiger partial charge in [-0.05, 0) is 30.5 Å². The summed E-state index contributed by atoms with van der Waals surface area (Å²) in [4.78, 5) is 10.9. The van der Waals surface area contributed by atoms with E-state index in [9.17, 15) is 10.1 Å². The van der Waals surface area contributed by atoms with E-state index in [1.54, 1.807) is 18.2 Å². The van der Waals surface area contributed by atoms with Crippen molar-refractivity contribution in [2.24, 2.45) is 0 Å². The molecule has 0 fully saturated rings. The predicted molar refractivity (Wildman–Crippen MR) is 92.4 cm³/mol. The molecule has 2 rings (SSSR count). The molecule has 0 aromatic heterocycles. The molecule has 0 atom stereocenters. The first kappa shape index (κ1) is 17.3. The lowest BCUT2D eigenvalue weighted by atomic mass is 10.2. The zero-order valence-electron chi connectivity index (χ0n) is 12.6. The third-order valence-electron chi connectivity index (χ3n) is 3.17. The van der Waals surface area contributed by atoms with E-state index in [0.29, 0.717) is 6.61 Å². The summed E-state index contributed by atoms with van der Waals surface area (Å²) in [6.07, 6.45) is 1.79. The molecule has 5 nitrogen and oxygen atoms in total. The summed E-state index contributed by atoms with van der Waals surface area (Å²) in [7, 11) is 0. The van der Waals surface area contributed by atoms with E-state index in [-0.39, 0.29) is 23.8 Å². The molecule has 0 aliphatic carbocycles. The molecule has 0 heterocycles. The Morgan fingerprint density at radius 1 is 0.957 bits per heavy atom. The van der Waals surface area contributed by atoms with Crippen LogP contribution in [0.3, 0.4) is 0 Å². The molecule has 0 aliphatic heterocycles. The molecule has 0 N–H and O–H groups in total. The second-order valence-corrected chi connectivity index (χ2v) is 5.67. The molecule has 2 aromatic carbocycles. The SMILES string of the molecule is O=[N+]([O-])c1c(OCCCCBr)cccc1OCc1ccccc1. The Kier molecular flexibility index (Phi) is 6.87. The van der Waals surface area contributed by atoms with Gasteiger partial charge in [-0.15, -0.1) is 0 Å². The Balaban J connectivity index is 2.10. The molecule has 0 spiro atoms. The first-order chi connectivity index (χ1) is 11.2. The van der Waals surface area contributed by atoms with Crippen molar-refractivity contribution in [3.63, 3.8) is 0 Å². The predicted octanol–water partition coefficient (Wildman–Crippen LogP) is 4.73. The Bertz CT molecular complexity index is 634. The lowest BCUT2D eigenvalue weighted by Crippen LogP contribution is -2.04. The monoisotopic (exact) mass is 379 g/mol. The van der Waals surface area contributed by atoms with Gasteiger partial charge in [-0.25, -0.2) is 0 Å². The summed E-state index contributed by atoms with van der Waals surface area (Å²) in [5.74, 6) is 0.465. The van der Waals surface area contributed by atoms with E-state index in [1.165, 1.54) is 0 Å². The van der Waals surface area contributed by atoms with Gasteiger partial charge in [0.25, 0.3) is 0 Å². The molecule has 23 heavy (non-hydrogen) atoms. The molecule has 0 aliphatic rings. The van der Waals surface area contributed by atoms with Crippen LogP contribution in [0.1, 0.15) is 18.4 Å². The van der Waals surface area contributed by atoms with Crippen LogP contribution in [0.5, 0.6) is 11.5 Å². The standard InChI is InChI=1S/C17H18BrNO4/c18-11-4-5-12-22-15-9-6-10-16(17(15)19(20)21)23-13-14-7-2-1-3-8-14/h1-3,6-10H,4-5,11-13H2. The highest BCUT2D eigenvalue weighted by Crippen LogP contribution is 2.37. The quantitative estimate of drug-likeness (QED) is 0.273. The summed E-state index contributed by atoms with van der Waals surface area (Å²) in [6, 6.07) is 14.4. The van der Waals surface area contributed by atoms with Gasteiger partial charge < -0.3 is 9.47 Å². The highest BCUT2D eigenvalue weighted by molar-refractivity contribution is 9.09. The molecule has 0 saturated carbocycles. The van der Waals surface area contributed by atoms with Crippen molar-refractivity contribution in [2.75, 3.05) is 11.9 Å². The minimum atomic E-state index is -0.458. The highest BCUT2D eigenvalue weighted by Gasteiger charge is 2.22. The first-order valence-corrected chi connectivity index (χ1v) is 8.47. The van der Waals surface area contributed by atoms with Gasteiger partial charge in [0.15, 0.2) is 0 Å². The summed E-state index contributed by atoms with van der Waals surface area (Å²) >= 11 is 3.34. The van der Waals surface area contributed by atoms with Crippen LogP contribution in [0.25, 0.3) is 0 Å². The number of rotatable bonds is 9. The van der Waals surface area contributed by atoms with Crippen LogP contribution < -0.4 is 9.47 Å². The third-order valence-corrected chi connectivity index (χ3v) is 3.73. The van der Waals surface area contributed by atoms with E-state index in [4.69, 9.17) is 9.47 Å². The summed E-state index contributed by atoms with van der Waals surface area (Å²) in [6.45, 7) is 0.712. The second-order valence-electron chi connectivity index (χ2n) is 4.88. The number of unbranched alkanes of at least 4 members (excludes halogenated alkanes) is 1. The zero-order chi connectivity index (χ0) is 16.5. The molecule has 0 radical (unpaired) electrons. The fourth-order valence-electron chi connectivity index (χ4n) is 2.03. The van der Waals surface area contributed by atoms with Crippen molar-refractivity contribution in [1.82, 2.24) is 0 Å². The smallest absolute Gasteiger partial charge is 0.352 e. The number of nitrogens with zero attached hydrogens (tertiary/aromatic N) is 1. The summed E-state index contributed by atoms with van der Waals surface area (Å²) in [5.41, 5.74) is 0.827. The number of ether oxygens (including phenoxy) is 2. The number of nitro benzene ring substituents is 1. The van der Waals surface area contributed by atoms with Crippen molar-refractivity contribution in [2.45, 2.75) is 19.4 Å². The number of hydrogen-bond acceptors (Lipinski definition) is 4. The van der Waals surface area contributed by atoms with Crippen molar-refractivity contribution in [1.29, 1.82) is 0 Å². The Morgan fingerprint density at radius 2 is 1.65 bits per heavy atom. The molecule has 0 unspecified atom stereocenters. The maximum absolute atomic E-state index is 11.4. The van der Waals surface area contributed by atoms with E-state index in [2.05, 4.69) is 15.9 Å². The molecule has 0 bridgehead atoms.